The van der Waals surface area contributed by atoms with Crippen LogP contribution in [0.5, 0.6) is 0 Å². The van der Waals surface area contributed by atoms with Crippen molar-refractivity contribution in [3.05, 3.63) is 69.8 Å². The minimum Gasteiger partial charge on any atom is -0.338 e. The molecule has 0 spiro atoms. The molecule has 4 rings (SSSR count). The lowest BCUT2D eigenvalue weighted by molar-refractivity contribution is -0.133. The molecule has 0 radical (unpaired) electrons. The van der Waals surface area contributed by atoms with E-state index < -0.39 is 10.0 Å². The molecule has 1 fully saturated rings. The molecule has 0 aliphatic carbocycles. The molecule has 0 unspecified atom stereocenters. The van der Waals surface area contributed by atoms with Crippen LogP contribution in [0.2, 0.25) is 0 Å². The van der Waals surface area contributed by atoms with Crippen molar-refractivity contribution < 1.29 is 13.2 Å². The molecule has 1 amide bonds. The molecule has 0 atom stereocenters. The van der Waals surface area contributed by atoms with Gasteiger partial charge in [0.25, 0.3) is 5.56 Å². The smallest absolute Gasteiger partial charge is 0.261 e. The maximum absolute atomic E-state index is 13.2. The molecule has 2 heterocycles. The van der Waals surface area contributed by atoms with E-state index in [2.05, 4.69) is 4.98 Å². The highest BCUT2D eigenvalue weighted by atomic mass is 32.2. The first kappa shape index (κ1) is 22.2. The van der Waals surface area contributed by atoms with Crippen LogP contribution in [0, 0.1) is 20.8 Å². The number of amides is 1. The van der Waals surface area contributed by atoms with Crippen molar-refractivity contribution in [2.45, 2.75) is 32.2 Å². The van der Waals surface area contributed by atoms with Gasteiger partial charge in [-0.15, -0.1) is 0 Å². The van der Waals surface area contributed by atoms with Gasteiger partial charge in [0.15, 0.2) is 0 Å². The molecular formula is C23H26N4O4S. The van der Waals surface area contributed by atoms with Crippen molar-refractivity contribution in [3.8, 4) is 0 Å². The Balaban J connectivity index is 1.47. The van der Waals surface area contributed by atoms with Crippen molar-refractivity contribution in [2.24, 2.45) is 0 Å². The summed E-state index contributed by atoms with van der Waals surface area (Å²) in [5, 5.41) is 0.461. The predicted molar refractivity (Wildman–Crippen MR) is 122 cm³/mol. The Bertz CT molecular complexity index is 1330. The van der Waals surface area contributed by atoms with Gasteiger partial charge in [0.1, 0.15) is 6.54 Å². The number of nitrogens with zero attached hydrogens (tertiary/aromatic N) is 4. The first-order valence-corrected chi connectivity index (χ1v) is 11.9. The van der Waals surface area contributed by atoms with Gasteiger partial charge in [-0.25, -0.2) is 13.4 Å². The van der Waals surface area contributed by atoms with Crippen LogP contribution < -0.4 is 5.56 Å². The lowest BCUT2D eigenvalue weighted by Gasteiger charge is -2.34. The zero-order chi connectivity index (χ0) is 23.0. The molecule has 0 N–H and O–H groups in total. The van der Waals surface area contributed by atoms with Crippen LogP contribution in [0.3, 0.4) is 0 Å². The fraction of sp³-hybridized carbons (Fsp3) is 0.348. The molecule has 1 aliphatic heterocycles. The Morgan fingerprint density at radius 3 is 2.28 bits per heavy atom. The van der Waals surface area contributed by atoms with Crippen LogP contribution >= 0.6 is 0 Å². The number of fused-ring (bicyclic) bond motifs is 1. The second kappa shape index (κ2) is 8.48. The molecule has 8 nitrogen and oxygen atoms in total. The van der Waals surface area contributed by atoms with E-state index in [1.165, 1.54) is 15.2 Å². The topological polar surface area (TPSA) is 92.6 Å². The number of aromatic nitrogens is 2. The normalized spacial score (nSPS) is 15.3. The molecular weight excluding hydrogens is 428 g/mol. The number of aryl methyl sites for hydroxylation is 3. The molecule has 3 aromatic rings. The van der Waals surface area contributed by atoms with Gasteiger partial charge in [0.2, 0.25) is 15.9 Å². The Hall–Kier alpha value is -3.04. The second-order valence-electron chi connectivity index (χ2n) is 8.21. The lowest BCUT2D eigenvalue weighted by atomic mass is 10.1. The summed E-state index contributed by atoms with van der Waals surface area (Å²) >= 11 is 0. The first-order chi connectivity index (χ1) is 15.2. The third-order valence-corrected chi connectivity index (χ3v) is 8.04. The van der Waals surface area contributed by atoms with E-state index in [0.29, 0.717) is 15.8 Å². The second-order valence-corrected chi connectivity index (χ2v) is 10.1. The van der Waals surface area contributed by atoms with Gasteiger partial charge in [-0.3, -0.25) is 14.2 Å². The summed E-state index contributed by atoms with van der Waals surface area (Å²) in [5.74, 6) is -0.232. The average molecular weight is 455 g/mol. The number of piperazine rings is 1. The highest BCUT2D eigenvalue weighted by molar-refractivity contribution is 7.89. The summed E-state index contributed by atoms with van der Waals surface area (Å²) in [6.07, 6.45) is 1.38. The summed E-state index contributed by atoms with van der Waals surface area (Å²) in [7, 11) is -3.65. The van der Waals surface area contributed by atoms with E-state index >= 15 is 0 Å². The van der Waals surface area contributed by atoms with Gasteiger partial charge in [-0.05, 0) is 44.0 Å². The third-order valence-electron chi connectivity index (χ3n) is 5.83. The summed E-state index contributed by atoms with van der Waals surface area (Å²) in [5.41, 5.74) is 2.79. The molecule has 1 saturated heterocycles. The van der Waals surface area contributed by atoms with E-state index in [-0.39, 0.29) is 44.2 Å². The third kappa shape index (κ3) is 4.05. The summed E-state index contributed by atoms with van der Waals surface area (Å²) < 4.78 is 29.2. The Labute approximate surface area is 187 Å². The number of hydrogen-bond donors (Lipinski definition) is 0. The van der Waals surface area contributed by atoms with Crippen molar-refractivity contribution in [1.29, 1.82) is 0 Å². The predicted octanol–water partition coefficient (Wildman–Crippen LogP) is 1.85. The van der Waals surface area contributed by atoms with Gasteiger partial charge in [0.05, 0.1) is 22.1 Å². The summed E-state index contributed by atoms with van der Waals surface area (Å²) in [6.45, 7) is 6.41. The zero-order valence-electron chi connectivity index (χ0n) is 18.4. The van der Waals surface area contributed by atoms with Crippen LogP contribution in [-0.2, 0) is 21.4 Å². The monoisotopic (exact) mass is 454 g/mol. The van der Waals surface area contributed by atoms with Crippen LogP contribution in [0.15, 0.2) is 52.4 Å². The van der Waals surface area contributed by atoms with Gasteiger partial charge >= 0.3 is 0 Å². The van der Waals surface area contributed by atoms with Gasteiger partial charge < -0.3 is 4.90 Å². The highest BCUT2D eigenvalue weighted by Gasteiger charge is 2.32. The zero-order valence-corrected chi connectivity index (χ0v) is 19.2. The maximum Gasteiger partial charge on any atom is 0.261 e. The van der Waals surface area contributed by atoms with Crippen LogP contribution in [0.25, 0.3) is 10.9 Å². The largest absolute Gasteiger partial charge is 0.338 e. The van der Waals surface area contributed by atoms with E-state index in [1.807, 2.05) is 32.9 Å². The number of para-hydroxylation sites is 1. The minimum absolute atomic E-state index is 0.125. The molecule has 9 heteroatoms. The lowest BCUT2D eigenvalue weighted by Crippen LogP contribution is -2.51. The Morgan fingerprint density at radius 2 is 1.62 bits per heavy atom. The van der Waals surface area contributed by atoms with Crippen LogP contribution in [0.1, 0.15) is 16.7 Å². The van der Waals surface area contributed by atoms with E-state index in [9.17, 15) is 18.0 Å². The van der Waals surface area contributed by atoms with Crippen molar-refractivity contribution >= 4 is 26.8 Å². The molecule has 168 valence electrons. The van der Waals surface area contributed by atoms with E-state index in [0.717, 1.165) is 16.7 Å². The fourth-order valence-corrected chi connectivity index (χ4v) is 6.18. The van der Waals surface area contributed by atoms with E-state index in [4.69, 9.17) is 0 Å². The van der Waals surface area contributed by atoms with Gasteiger partial charge in [-0.2, -0.15) is 4.31 Å². The van der Waals surface area contributed by atoms with Crippen LogP contribution in [-0.4, -0.2) is 59.3 Å². The number of hydrogen-bond acceptors (Lipinski definition) is 5. The molecule has 1 aliphatic rings. The minimum atomic E-state index is -3.65. The molecule has 0 saturated carbocycles. The Kier molecular flexibility index (Phi) is 5.87. The maximum atomic E-state index is 13.2. The molecule has 1 aromatic heterocycles. The molecule has 2 aromatic carbocycles. The quantitative estimate of drug-likeness (QED) is 0.600. The molecule has 0 bridgehead atoms. The average Bonchev–Trinajstić information content (AvgIpc) is 2.75. The van der Waals surface area contributed by atoms with Crippen molar-refractivity contribution in [1.82, 2.24) is 18.8 Å². The number of rotatable bonds is 4. The van der Waals surface area contributed by atoms with Gasteiger partial charge in [0, 0.05) is 26.2 Å². The number of benzene rings is 2. The van der Waals surface area contributed by atoms with Gasteiger partial charge in [-0.1, -0.05) is 29.8 Å². The molecule has 32 heavy (non-hydrogen) atoms. The fourth-order valence-electron chi connectivity index (χ4n) is 4.35. The van der Waals surface area contributed by atoms with Crippen molar-refractivity contribution in [2.75, 3.05) is 26.2 Å². The Morgan fingerprint density at radius 1 is 1.00 bits per heavy atom. The summed E-state index contributed by atoms with van der Waals surface area (Å²) in [6, 6.07) is 10.7. The number of carbonyl (C=O) groups is 1. The van der Waals surface area contributed by atoms with Crippen molar-refractivity contribution in [3.63, 3.8) is 0 Å². The highest BCUT2D eigenvalue weighted by Crippen LogP contribution is 2.26. The first-order valence-electron chi connectivity index (χ1n) is 10.5. The number of carbonyl (C=O) groups excluding carboxylic acids is 1. The van der Waals surface area contributed by atoms with E-state index in [1.54, 1.807) is 29.2 Å². The number of sulfonamides is 1. The van der Waals surface area contributed by atoms with Crippen LogP contribution in [0.4, 0.5) is 0 Å². The SMILES string of the molecule is Cc1cc(C)c(S(=O)(=O)N2CCN(C(=O)Cn3cnc4ccccc4c3=O)CC2)c(C)c1. The standard InChI is InChI=1S/C23H26N4O4S/c1-16-12-17(2)22(18(3)13-16)32(30,31)27-10-8-25(9-11-27)21(28)14-26-15-24-20-7-5-4-6-19(20)23(26)29/h4-7,12-13,15H,8-11,14H2,1-3H3. The summed E-state index contributed by atoms with van der Waals surface area (Å²) in [4.78, 5) is 31.6.